The van der Waals surface area contributed by atoms with E-state index in [1.165, 1.54) is 6.92 Å². The lowest BCUT2D eigenvalue weighted by Gasteiger charge is -2.38. The van der Waals surface area contributed by atoms with Crippen LogP contribution in [0, 0.1) is 0 Å². The molecule has 2 amide bonds. The minimum atomic E-state index is -1.01. The SMILES string of the molecule is CC(=O)NNc1nc(-c2ccccc2)nc2[nH]c(C(=O)N3CCC(O)(c4ccc(Cl)cc4)CC3)cc12. The van der Waals surface area contributed by atoms with Crippen LogP contribution >= 0.6 is 11.6 Å². The number of aromatic amines is 1. The number of aliphatic hydroxyl groups is 1. The first-order valence-electron chi connectivity index (χ1n) is 11.6. The summed E-state index contributed by atoms with van der Waals surface area (Å²) in [5, 5.41) is 12.3. The van der Waals surface area contributed by atoms with Gasteiger partial charge in [0.2, 0.25) is 5.91 Å². The van der Waals surface area contributed by atoms with Gasteiger partial charge in [-0.1, -0.05) is 54.1 Å². The third-order valence-corrected chi connectivity index (χ3v) is 6.62. The van der Waals surface area contributed by atoms with Gasteiger partial charge in [-0.2, -0.15) is 0 Å². The zero-order chi connectivity index (χ0) is 25.3. The minimum Gasteiger partial charge on any atom is -0.385 e. The predicted octanol–water partition coefficient (Wildman–Crippen LogP) is 3.87. The molecule has 3 heterocycles. The third-order valence-electron chi connectivity index (χ3n) is 6.37. The van der Waals surface area contributed by atoms with Crippen LogP contribution in [0.15, 0.2) is 60.7 Å². The average Bonchev–Trinajstić information content (AvgIpc) is 3.32. The van der Waals surface area contributed by atoms with Gasteiger partial charge < -0.3 is 15.0 Å². The minimum absolute atomic E-state index is 0.196. The number of hydrazine groups is 1. The van der Waals surface area contributed by atoms with E-state index in [4.69, 9.17) is 11.6 Å². The number of nitrogens with one attached hydrogen (secondary N) is 3. The normalized spacial score (nSPS) is 15.0. The Hall–Kier alpha value is -3.95. The van der Waals surface area contributed by atoms with Gasteiger partial charge in [-0.3, -0.25) is 20.4 Å². The molecule has 0 bridgehead atoms. The summed E-state index contributed by atoms with van der Waals surface area (Å²) in [4.78, 5) is 38.8. The van der Waals surface area contributed by atoms with Gasteiger partial charge in [-0.05, 0) is 36.6 Å². The van der Waals surface area contributed by atoms with Gasteiger partial charge in [0.05, 0.1) is 11.0 Å². The number of halogens is 1. The molecule has 9 nitrogen and oxygen atoms in total. The van der Waals surface area contributed by atoms with Crippen molar-refractivity contribution in [1.82, 2.24) is 25.3 Å². The molecular formula is C26H25ClN6O3. The first kappa shape index (κ1) is 23.8. The Morgan fingerprint density at radius 2 is 1.75 bits per heavy atom. The van der Waals surface area contributed by atoms with E-state index in [1.54, 1.807) is 23.1 Å². The second kappa shape index (κ2) is 9.60. The maximum atomic E-state index is 13.4. The van der Waals surface area contributed by atoms with Crippen LogP contribution in [0.25, 0.3) is 22.4 Å². The van der Waals surface area contributed by atoms with Crippen molar-refractivity contribution in [2.75, 3.05) is 18.5 Å². The quantitative estimate of drug-likeness (QED) is 0.306. The molecule has 1 aliphatic rings. The van der Waals surface area contributed by atoms with Gasteiger partial charge in [0.25, 0.3) is 5.91 Å². The molecule has 184 valence electrons. The lowest BCUT2D eigenvalue weighted by Crippen LogP contribution is -2.45. The zero-order valence-electron chi connectivity index (χ0n) is 19.6. The van der Waals surface area contributed by atoms with Crippen molar-refractivity contribution >= 4 is 40.3 Å². The first-order valence-corrected chi connectivity index (χ1v) is 12.0. The van der Waals surface area contributed by atoms with Gasteiger partial charge in [0.15, 0.2) is 11.6 Å². The molecule has 4 aromatic rings. The number of hydrogen-bond donors (Lipinski definition) is 4. The van der Waals surface area contributed by atoms with Gasteiger partial charge >= 0.3 is 0 Å². The number of piperidine rings is 1. The lowest BCUT2D eigenvalue weighted by atomic mass is 9.84. The fourth-order valence-electron chi connectivity index (χ4n) is 4.38. The fourth-order valence-corrected chi connectivity index (χ4v) is 4.51. The molecule has 0 atom stereocenters. The topological polar surface area (TPSA) is 123 Å². The molecule has 0 spiro atoms. The number of benzene rings is 2. The Morgan fingerprint density at radius 1 is 1.06 bits per heavy atom. The van der Waals surface area contributed by atoms with E-state index in [0.29, 0.717) is 59.3 Å². The van der Waals surface area contributed by atoms with E-state index in [1.807, 2.05) is 42.5 Å². The van der Waals surface area contributed by atoms with Crippen LogP contribution in [0.3, 0.4) is 0 Å². The van der Waals surface area contributed by atoms with Crippen LogP contribution in [-0.2, 0) is 10.4 Å². The van der Waals surface area contributed by atoms with Crippen molar-refractivity contribution in [3.8, 4) is 11.4 Å². The van der Waals surface area contributed by atoms with Crippen LogP contribution in [0.1, 0.15) is 35.8 Å². The van der Waals surface area contributed by atoms with Gasteiger partial charge in [-0.15, -0.1) is 0 Å². The molecule has 0 radical (unpaired) electrons. The van der Waals surface area contributed by atoms with E-state index in [-0.39, 0.29) is 11.8 Å². The number of likely N-dealkylation sites (tertiary alicyclic amines) is 1. The predicted molar refractivity (Wildman–Crippen MR) is 137 cm³/mol. The van der Waals surface area contributed by atoms with Crippen molar-refractivity contribution in [2.24, 2.45) is 0 Å². The van der Waals surface area contributed by atoms with Crippen LogP contribution in [0.4, 0.5) is 5.82 Å². The van der Waals surface area contributed by atoms with E-state index in [9.17, 15) is 14.7 Å². The van der Waals surface area contributed by atoms with E-state index in [2.05, 4.69) is 25.8 Å². The van der Waals surface area contributed by atoms with Crippen molar-refractivity contribution in [1.29, 1.82) is 0 Å². The summed E-state index contributed by atoms with van der Waals surface area (Å²) in [6, 6.07) is 18.3. The number of rotatable bonds is 5. The maximum Gasteiger partial charge on any atom is 0.270 e. The van der Waals surface area contributed by atoms with E-state index in [0.717, 1.165) is 11.1 Å². The van der Waals surface area contributed by atoms with E-state index >= 15 is 0 Å². The van der Waals surface area contributed by atoms with Crippen LogP contribution in [-0.4, -0.2) is 49.9 Å². The zero-order valence-corrected chi connectivity index (χ0v) is 20.3. The summed E-state index contributed by atoms with van der Waals surface area (Å²) in [6.07, 6.45) is 0.821. The Morgan fingerprint density at radius 3 is 2.42 bits per heavy atom. The molecule has 5 rings (SSSR count). The van der Waals surface area contributed by atoms with Crippen molar-refractivity contribution in [3.05, 3.63) is 76.9 Å². The molecule has 2 aromatic heterocycles. The number of fused-ring (bicyclic) bond motifs is 1. The molecule has 0 unspecified atom stereocenters. The molecule has 36 heavy (non-hydrogen) atoms. The first-order chi connectivity index (χ1) is 17.3. The smallest absolute Gasteiger partial charge is 0.270 e. The Bertz CT molecular complexity index is 1410. The third kappa shape index (κ3) is 4.75. The average molecular weight is 505 g/mol. The lowest BCUT2D eigenvalue weighted by molar-refractivity contribution is -0.118. The molecule has 10 heteroatoms. The van der Waals surface area contributed by atoms with Crippen LogP contribution < -0.4 is 10.9 Å². The summed E-state index contributed by atoms with van der Waals surface area (Å²) in [7, 11) is 0. The molecule has 2 aromatic carbocycles. The highest BCUT2D eigenvalue weighted by Crippen LogP contribution is 2.34. The van der Waals surface area contributed by atoms with Gasteiger partial charge in [0, 0.05) is 30.6 Å². The summed E-state index contributed by atoms with van der Waals surface area (Å²) >= 11 is 5.98. The van der Waals surface area contributed by atoms with Crippen molar-refractivity contribution < 1.29 is 14.7 Å². The molecule has 1 fully saturated rings. The van der Waals surface area contributed by atoms with Crippen LogP contribution in [0.2, 0.25) is 5.02 Å². The summed E-state index contributed by atoms with van der Waals surface area (Å²) in [5.74, 6) is 0.345. The summed E-state index contributed by atoms with van der Waals surface area (Å²) < 4.78 is 0. The number of hydrogen-bond acceptors (Lipinski definition) is 6. The molecule has 1 aliphatic heterocycles. The van der Waals surface area contributed by atoms with Crippen molar-refractivity contribution in [2.45, 2.75) is 25.4 Å². The number of carbonyl (C=O) groups is 2. The molecule has 0 aliphatic carbocycles. The second-order valence-corrected chi connectivity index (χ2v) is 9.28. The number of H-pyrrole nitrogens is 1. The highest BCUT2D eigenvalue weighted by atomic mass is 35.5. The van der Waals surface area contributed by atoms with Gasteiger partial charge in [0.1, 0.15) is 11.3 Å². The number of aromatic nitrogens is 3. The highest BCUT2D eigenvalue weighted by Gasteiger charge is 2.36. The second-order valence-electron chi connectivity index (χ2n) is 8.84. The number of carbonyl (C=O) groups excluding carboxylic acids is 2. The Labute approximate surface area is 212 Å². The van der Waals surface area contributed by atoms with E-state index < -0.39 is 5.60 Å². The largest absolute Gasteiger partial charge is 0.385 e. The number of anilines is 1. The Balaban J connectivity index is 1.40. The van der Waals surface area contributed by atoms with Crippen molar-refractivity contribution in [3.63, 3.8) is 0 Å². The highest BCUT2D eigenvalue weighted by molar-refractivity contribution is 6.30. The standard InChI is InChI=1S/C26H25ClN6O3/c1-16(34)31-32-24-20-15-21(28-23(20)29-22(30-24)17-5-3-2-4-6-17)25(35)33-13-11-26(36,12-14-33)18-7-9-19(27)10-8-18/h2-10,15,36H,11-14H2,1H3,(H,31,34)(H2,28,29,30,32). The molecule has 0 saturated carbocycles. The number of amides is 2. The number of nitrogens with zero attached hydrogens (tertiary/aromatic N) is 3. The molecular weight excluding hydrogens is 480 g/mol. The molecule has 4 N–H and O–H groups in total. The Kier molecular flexibility index (Phi) is 6.34. The summed E-state index contributed by atoms with van der Waals surface area (Å²) in [5.41, 5.74) is 6.77. The fraction of sp³-hybridized carbons (Fsp3) is 0.231. The summed E-state index contributed by atoms with van der Waals surface area (Å²) in [6.45, 7) is 2.17. The van der Waals surface area contributed by atoms with Crippen LogP contribution in [0.5, 0.6) is 0 Å². The monoisotopic (exact) mass is 504 g/mol. The van der Waals surface area contributed by atoms with Gasteiger partial charge in [-0.25, -0.2) is 9.97 Å². The maximum absolute atomic E-state index is 13.4. The molecule has 1 saturated heterocycles.